The number of benzene rings is 1. The maximum absolute atomic E-state index is 10.4. The van der Waals surface area contributed by atoms with Crippen molar-refractivity contribution < 1.29 is 14.6 Å². The van der Waals surface area contributed by atoms with Crippen molar-refractivity contribution in [1.29, 1.82) is 0 Å². The minimum absolute atomic E-state index is 0. The van der Waals surface area contributed by atoms with Crippen molar-refractivity contribution in [2.75, 3.05) is 47.1 Å². The van der Waals surface area contributed by atoms with E-state index in [4.69, 9.17) is 9.47 Å². The zero-order valence-corrected chi connectivity index (χ0v) is 19.4. The summed E-state index contributed by atoms with van der Waals surface area (Å²) in [5.74, 6) is 1.82. The Bertz CT molecular complexity index is 654. The zero-order valence-electron chi connectivity index (χ0n) is 17.1. The van der Waals surface area contributed by atoms with Gasteiger partial charge in [-0.2, -0.15) is 0 Å². The van der Waals surface area contributed by atoms with Crippen LogP contribution in [0.5, 0.6) is 5.75 Å². The van der Waals surface area contributed by atoms with Gasteiger partial charge in [-0.25, -0.2) is 0 Å². The molecule has 158 valence electrons. The van der Waals surface area contributed by atoms with E-state index in [0.29, 0.717) is 31.4 Å². The Kier molecular flexibility index (Phi) is 9.81. The van der Waals surface area contributed by atoms with E-state index >= 15 is 0 Å². The quantitative estimate of drug-likeness (QED) is 0.259. The average Bonchev–Trinajstić information content (AvgIpc) is 3.16. The van der Waals surface area contributed by atoms with E-state index in [9.17, 15) is 5.11 Å². The number of aliphatic imine (C=N–C) groups is 1. The number of phenolic OH excluding ortho intramolecular Hbond substituents is 1. The second kappa shape index (κ2) is 11.8. The molecule has 6 nitrogen and oxygen atoms in total. The maximum atomic E-state index is 10.4. The fraction of sp³-hybridized carbons (Fsp3) is 0.667. The van der Waals surface area contributed by atoms with Crippen LogP contribution in [0.2, 0.25) is 0 Å². The number of likely N-dealkylation sites (tertiary alicyclic amines) is 1. The number of nitrogens with one attached hydrogen (secondary N) is 1. The van der Waals surface area contributed by atoms with Crippen LogP contribution in [0.15, 0.2) is 17.1 Å². The smallest absolute Gasteiger partial charge is 0.193 e. The molecule has 0 bridgehead atoms. The number of nitrogens with zero attached hydrogens (tertiary/aromatic N) is 2. The van der Waals surface area contributed by atoms with Crippen LogP contribution < -0.4 is 5.32 Å². The molecule has 1 saturated heterocycles. The minimum Gasteiger partial charge on any atom is -0.508 e. The lowest BCUT2D eigenvalue weighted by atomic mass is 9.88. The number of methoxy groups -OCH3 is 1. The SMILES string of the molecule is CN=C(NCc1c(O)ccc2c1CCCC2)N1CCC(COCCOC)C1.I. The summed E-state index contributed by atoms with van der Waals surface area (Å²) in [6.07, 6.45) is 5.74. The summed E-state index contributed by atoms with van der Waals surface area (Å²) in [6.45, 7) is 4.61. The third kappa shape index (κ3) is 5.97. The molecule has 1 heterocycles. The molecule has 0 saturated carbocycles. The number of fused-ring (bicyclic) bond motifs is 1. The first-order valence-corrected chi connectivity index (χ1v) is 10.1. The van der Waals surface area contributed by atoms with Crippen LogP contribution in [0.1, 0.15) is 36.0 Å². The summed E-state index contributed by atoms with van der Waals surface area (Å²) in [5.41, 5.74) is 3.75. The predicted molar refractivity (Wildman–Crippen MR) is 123 cm³/mol. The molecule has 0 spiro atoms. The van der Waals surface area contributed by atoms with Gasteiger partial charge in [0.2, 0.25) is 0 Å². The maximum Gasteiger partial charge on any atom is 0.193 e. The largest absolute Gasteiger partial charge is 0.508 e. The molecule has 28 heavy (non-hydrogen) atoms. The Morgan fingerprint density at radius 2 is 2.11 bits per heavy atom. The number of halogens is 1. The zero-order chi connectivity index (χ0) is 19.1. The van der Waals surface area contributed by atoms with Gasteiger partial charge >= 0.3 is 0 Å². The van der Waals surface area contributed by atoms with Gasteiger partial charge in [0.1, 0.15) is 5.75 Å². The third-order valence-corrected chi connectivity index (χ3v) is 5.63. The lowest BCUT2D eigenvalue weighted by Crippen LogP contribution is -2.40. The molecular formula is C21H34IN3O3. The van der Waals surface area contributed by atoms with E-state index < -0.39 is 0 Å². The highest BCUT2D eigenvalue weighted by molar-refractivity contribution is 14.0. The fourth-order valence-corrected chi connectivity index (χ4v) is 4.14. The molecule has 1 unspecified atom stereocenters. The molecule has 3 rings (SSSR count). The van der Waals surface area contributed by atoms with Gasteiger partial charge in [0, 0.05) is 45.3 Å². The molecule has 7 heteroatoms. The number of aromatic hydroxyl groups is 1. The number of hydrogen-bond donors (Lipinski definition) is 2. The van der Waals surface area contributed by atoms with E-state index in [2.05, 4.69) is 21.3 Å². The predicted octanol–water partition coefficient (Wildman–Crippen LogP) is 2.95. The third-order valence-electron chi connectivity index (χ3n) is 5.63. The number of ether oxygens (including phenoxy) is 2. The molecule has 0 radical (unpaired) electrons. The summed E-state index contributed by atoms with van der Waals surface area (Å²) < 4.78 is 10.7. The van der Waals surface area contributed by atoms with Gasteiger partial charge in [0.25, 0.3) is 0 Å². The normalized spacial score (nSPS) is 19.3. The first-order chi connectivity index (χ1) is 13.2. The van der Waals surface area contributed by atoms with Crippen LogP contribution in [-0.4, -0.2) is 63.0 Å². The molecule has 2 N–H and O–H groups in total. The minimum atomic E-state index is 0. The summed E-state index contributed by atoms with van der Waals surface area (Å²) in [7, 11) is 3.52. The number of aryl methyl sites for hydroxylation is 1. The Morgan fingerprint density at radius 1 is 1.29 bits per heavy atom. The molecule has 1 aromatic carbocycles. The lowest BCUT2D eigenvalue weighted by Gasteiger charge is -2.24. The Labute approximate surface area is 185 Å². The van der Waals surface area contributed by atoms with Gasteiger partial charge < -0.3 is 24.8 Å². The first-order valence-electron chi connectivity index (χ1n) is 10.1. The first kappa shape index (κ1) is 23.2. The lowest BCUT2D eigenvalue weighted by molar-refractivity contribution is 0.0536. The Hall–Kier alpha value is -1.06. The van der Waals surface area contributed by atoms with Crippen LogP contribution in [0.4, 0.5) is 0 Å². The van der Waals surface area contributed by atoms with Crippen LogP contribution in [0.25, 0.3) is 0 Å². The van der Waals surface area contributed by atoms with Crippen molar-refractivity contribution in [3.63, 3.8) is 0 Å². The summed E-state index contributed by atoms with van der Waals surface area (Å²) >= 11 is 0. The number of phenols is 1. The number of guanidine groups is 1. The highest BCUT2D eigenvalue weighted by Crippen LogP contribution is 2.30. The van der Waals surface area contributed by atoms with Crippen molar-refractivity contribution in [3.05, 3.63) is 28.8 Å². The Morgan fingerprint density at radius 3 is 2.89 bits per heavy atom. The molecule has 1 atom stereocenters. The van der Waals surface area contributed by atoms with Crippen LogP contribution in [0, 0.1) is 5.92 Å². The number of rotatable bonds is 7. The molecule has 1 fully saturated rings. The topological polar surface area (TPSA) is 66.3 Å². The average molecular weight is 503 g/mol. The van der Waals surface area contributed by atoms with Gasteiger partial charge in [-0.1, -0.05) is 6.07 Å². The van der Waals surface area contributed by atoms with E-state index in [0.717, 1.165) is 50.5 Å². The van der Waals surface area contributed by atoms with Crippen LogP contribution in [-0.2, 0) is 28.9 Å². The van der Waals surface area contributed by atoms with Crippen LogP contribution in [0.3, 0.4) is 0 Å². The second-order valence-electron chi connectivity index (χ2n) is 7.48. The second-order valence-corrected chi connectivity index (χ2v) is 7.48. The van der Waals surface area contributed by atoms with Gasteiger partial charge in [-0.05, 0) is 49.3 Å². The molecule has 0 aromatic heterocycles. The summed E-state index contributed by atoms with van der Waals surface area (Å²) in [4.78, 5) is 6.75. The monoisotopic (exact) mass is 503 g/mol. The highest BCUT2D eigenvalue weighted by atomic mass is 127. The fourth-order valence-electron chi connectivity index (χ4n) is 4.14. The van der Waals surface area contributed by atoms with Crippen molar-refractivity contribution in [2.24, 2.45) is 10.9 Å². The van der Waals surface area contributed by atoms with Gasteiger partial charge in [-0.3, -0.25) is 4.99 Å². The Balaban J connectivity index is 0.00000280. The highest BCUT2D eigenvalue weighted by Gasteiger charge is 2.25. The standard InChI is InChI=1S/C21H33N3O3.HI/c1-22-21(24-10-9-16(14-24)15-27-12-11-26-2)23-13-19-18-6-4-3-5-17(18)7-8-20(19)25;/h7-8,16,25H,3-6,9-15H2,1-2H3,(H,22,23);1H. The van der Waals surface area contributed by atoms with Crippen molar-refractivity contribution >= 4 is 29.9 Å². The molecule has 0 amide bonds. The number of hydrogen-bond acceptors (Lipinski definition) is 4. The van der Waals surface area contributed by atoms with Gasteiger partial charge in [0.05, 0.1) is 19.8 Å². The van der Waals surface area contributed by atoms with E-state index in [1.54, 1.807) is 7.11 Å². The van der Waals surface area contributed by atoms with Crippen molar-refractivity contribution in [2.45, 2.75) is 38.6 Å². The van der Waals surface area contributed by atoms with Crippen molar-refractivity contribution in [3.8, 4) is 5.75 Å². The van der Waals surface area contributed by atoms with Gasteiger partial charge in [0.15, 0.2) is 5.96 Å². The molecule has 2 aliphatic rings. The molecule has 1 aliphatic carbocycles. The van der Waals surface area contributed by atoms with E-state index in [1.807, 2.05) is 13.1 Å². The van der Waals surface area contributed by atoms with Gasteiger partial charge in [-0.15, -0.1) is 24.0 Å². The summed E-state index contributed by atoms with van der Waals surface area (Å²) in [5, 5.41) is 13.9. The van der Waals surface area contributed by atoms with Crippen LogP contribution >= 0.6 is 24.0 Å². The summed E-state index contributed by atoms with van der Waals surface area (Å²) in [6, 6.07) is 3.92. The molecule has 1 aliphatic heterocycles. The molecule has 1 aromatic rings. The van der Waals surface area contributed by atoms with E-state index in [-0.39, 0.29) is 24.0 Å². The van der Waals surface area contributed by atoms with Crippen molar-refractivity contribution in [1.82, 2.24) is 10.2 Å². The molecular weight excluding hydrogens is 469 g/mol. The van der Waals surface area contributed by atoms with E-state index in [1.165, 1.54) is 24.0 Å².